The molecule has 0 unspecified atom stereocenters. The van der Waals surface area contributed by atoms with Crippen LogP contribution in [0.15, 0.2) is 0 Å². The second-order valence-corrected chi connectivity index (χ2v) is 5.68. The molecule has 16 heavy (non-hydrogen) atoms. The molecular formula is C13H28N2O. The average Bonchev–Trinajstić information content (AvgIpc) is 2.24. The van der Waals surface area contributed by atoms with Gasteiger partial charge in [-0.1, -0.05) is 19.3 Å². The van der Waals surface area contributed by atoms with Crippen molar-refractivity contribution in [2.24, 2.45) is 5.73 Å². The summed E-state index contributed by atoms with van der Waals surface area (Å²) in [6.45, 7) is 6.44. The highest BCUT2D eigenvalue weighted by atomic mass is 16.3. The first-order chi connectivity index (χ1) is 7.53. The summed E-state index contributed by atoms with van der Waals surface area (Å²) in [5, 5.41) is 9.78. The average molecular weight is 228 g/mol. The minimum absolute atomic E-state index is 0.554. The van der Waals surface area contributed by atoms with Crippen LogP contribution in [0.4, 0.5) is 0 Å². The molecule has 0 radical (unpaired) electrons. The number of hydrogen-bond donors (Lipinski definition) is 2. The van der Waals surface area contributed by atoms with E-state index in [1.54, 1.807) is 0 Å². The molecule has 0 aromatic rings. The maximum atomic E-state index is 9.78. The third kappa shape index (κ3) is 5.28. The number of nitrogens with two attached hydrogens (primary N) is 1. The first-order valence-corrected chi connectivity index (χ1v) is 6.69. The van der Waals surface area contributed by atoms with Crippen LogP contribution < -0.4 is 5.73 Å². The van der Waals surface area contributed by atoms with Crippen molar-refractivity contribution < 1.29 is 5.11 Å². The first-order valence-electron chi connectivity index (χ1n) is 6.69. The number of nitrogens with zero attached hydrogens (tertiary/aromatic N) is 1. The lowest BCUT2D eigenvalue weighted by molar-refractivity contribution is 0.0472. The Labute approximate surface area is 100 Å². The SMILES string of the molecule is CC(C)(O)CCN(CCN)C1CCCCC1. The molecule has 0 bridgehead atoms. The fourth-order valence-electron chi connectivity index (χ4n) is 2.51. The zero-order valence-corrected chi connectivity index (χ0v) is 10.9. The van der Waals surface area contributed by atoms with Crippen molar-refractivity contribution in [3.63, 3.8) is 0 Å². The summed E-state index contributed by atoms with van der Waals surface area (Å²) in [5.74, 6) is 0. The van der Waals surface area contributed by atoms with E-state index in [-0.39, 0.29) is 0 Å². The lowest BCUT2D eigenvalue weighted by Crippen LogP contribution is -2.42. The van der Waals surface area contributed by atoms with Gasteiger partial charge in [0.15, 0.2) is 0 Å². The molecule has 0 saturated heterocycles. The standard InChI is InChI=1S/C13H28N2O/c1-13(2,16)8-10-15(11-9-14)12-6-4-3-5-7-12/h12,16H,3-11,14H2,1-2H3. The van der Waals surface area contributed by atoms with Crippen LogP contribution in [0.5, 0.6) is 0 Å². The van der Waals surface area contributed by atoms with Gasteiger partial charge < -0.3 is 10.8 Å². The summed E-state index contributed by atoms with van der Waals surface area (Å²) in [6, 6.07) is 0.708. The summed E-state index contributed by atoms with van der Waals surface area (Å²) in [6.07, 6.45) is 7.56. The van der Waals surface area contributed by atoms with Crippen LogP contribution in [-0.4, -0.2) is 41.3 Å². The van der Waals surface area contributed by atoms with Crippen LogP contribution in [0, 0.1) is 0 Å². The summed E-state index contributed by atoms with van der Waals surface area (Å²) < 4.78 is 0. The van der Waals surface area contributed by atoms with Gasteiger partial charge in [0, 0.05) is 25.7 Å². The van der Waals surface area contributed by atoms with E-state index >= 15 is 0 Å². The van der Waals surface area contributed by atoms with Gasteiger partial charge in [-0.15, -0.1) is 0 Å². The largest absolute Gasteiger partial charge is 0.390 e. The third-order valence-corrected chi connectivity index (χ3v) is 3.52. The van der Waals surface area contributed by atoms with Crippen molar-refractivity contribution >= 4 is 0 Å². The van der Waals surface area contributed by atoms with Crippen LogP contribution in [0.1, 0.15) is 52.4 Å². The molecule has 0 amide bonds. The van der Waals surface area contributed by atoms with Crippen LogP contribution >= 0.6 is 0 Å². The molecule has 1 rings (SSSR count). The molecule has 0 spiro atoms. The molecule has 1 saturated carbocycles. The Balaban J connectivity index is 2.39. The van der Waals surface area contributed by atoms with E-state index in [1.165, 1.54) is 32.1 Å². The van der Waals surface area contributed by atoms with Crippen LogP contribution in [-0.2, 0) is 0 Å². The van der Waals surface area contributed by atoms with Crippen molar-refractivity contribution in [2.45, 2.75) is 64.0 Å². The molecule has 1 fully saturated rings. The topological polar surface area (TPSA) is 49.5 Å². The van der Waals surface area contributed by atoms with Gasteiger partial charge in [-0.3, -0.25) is 4.90 Å². The number of rotatable bonds is 6. The molecule has 0 aromatic heterocycles. The van der Waals surface area contributed by atoms with E-state index in [0.29, 0.717) is 6.04 Å². The first kappa shape index (κ1) is 13.9. The minimum Gasteiger partial charge on any atom is -0.390 e. The van der Waals surface area contributed by atoms with Crippen LogP contribution in [0.25, 0.3) is 0 Å². The highest BCUT2D eigenvalue weighted by Crippen LogP contribution is 2.23. The van der Waals surface area contributed by atoms with Gasteiger partial charge in [-0.25, -0.2) is 0 Å². The van der Waals surface area contributed by atoms with Gasteiger partial charge >= 0.3 is 0 Å². The molecule has 0 heterocycles. The van der Waals surface area contributed by atoms with Gasteiger partial charge in [0.1, 0.15) is 0 Å². The van der Waals surface area contributed by atoms with E-state index in [2.05, 4.69) is 4.90 Å². The normalized spacial score (nSPS) is 19.3. The van der Waals surface area contributed by atoms with Crippen molar-refractivity contribution in [3.8, 4) is 0 Å². The second kappa shape index (κ2) is 6.58. The molecule has 1 aliphatic carbocycles. The van der Waals surface area contributed by atoms with Gasteiger partial charge in [0.05, 0.1) is 5.60 Å². The monoisotopic (exact) mass is 228 g/mol. The van der Waals surface area contributed by atoms with Gasteiger partial charge in [0.25, 0.3) is 0 Å². The summed E-state index contributed by atoms with van der Waals surface area (Å²) in [4.78, 5) is 2.48. The zero-order chi connectivity index (χ0) is 12.0. The molecule has 3 nitrogen and oxygen atoms in total. The third-order valence-electron chi connectivity index (χ3n) is 3.52. The summed E-state index contributed by atoms with van der Waals surface area (Å²) in [7, 11) is 0. The predicted octanol–water partition coefficient (Wildman–Crippen LogP) is 1.74. The molecule has 0 aliphatic heterocycles. The van der Waals surface area contributed by atoms with E-state index in [4.69, 9.17) is 5.73 Å². The van der Waals surface area contributed by atoms with Crippen molar-refractivity contribution in [1.29, 1.82) is 0 Å². The summed E-state index contributed by atoms with van der Waals surface area (Å²) in [5.41, 5.74) is 5.12. The van der Waals surface area contributed by atoms with Gasteiger partial charge in [-0.2, -0.15) is 0 Å². The Hall–Kier alpha value is -0.120. The molecule has 96 valence electrons. The summed E-state index contributed by atoms with van der Waals surface area (Å²) >= 11 is 0. The fraction of sp³-hybridized carbons (Fsp3) is 1.00. The highest BCUT2D eigenvalue weighted by molar-refractivity contribution is 4.78. The molecule has 3 heteroatoms. The Kier molecular flexibility index (Phi) is 5.73. The van der Waals surface area contributed by atoms with Crippen LogP contribution in [0.2, 0.25) is 0 Å². The zero-order valence-electron chi connectivity index (χ0n) is 10.9. The van der Waals surface area contributed by atoms with Crippen molar-refractivity contribution in [3.05, 3.63) is 0 Å². The molecule has 0 aromatic carbocycles. The smallest absolute Gasteiger partial charge is 0.0603 e. The quantitative estimate of drug-likeness (QED) is 0.728. The Morgan fingerprint density at radius 1 is 1.19 bits per heavy atom. The van der Waals surface area contributed by atoms with E-state index in [1.807, 2.05) is 13.8 Å². The predicted molar refractivity (Wildman–Crippen MR) is 68.4 cm³/mol. The van der Waals surface area contributed by atoms with E-state index in [9.17, 15) is 5.11 Å². The highest BCUT2D eigenvalue weighted by Gasteiger charge is 2.22. The molecule has 0 atom stereocenters. The minimum atomic E-state index is -0.554. The van der Waals surface area contributed by atoms with Crippen molar-refractivity contribution in [1.82, 2.24) is 4.90 Å². The molecule has 3 N–H and O–H groups in total. The Morgan fingerprint density at radius 2 is 1.81 bits per heavy atom. The van der Waals surface area contributed by atoms with Crippen LogP contribution in [0.3, 0.4) is 0 Å². The molecular weight excluding hydrogens is 200 g/mol. The number of hydrogen-bond acceptors (Lipinski definition) is 3. The van der Waals surface area contributed by atoms with E-state index in [0.717, 1.165) is 26.1 Å². The second-order valence-electron chi connectivity index (χ2n) is 5.68. The van der Waals surface area contributed by atoms with Gasteiger partial charge in [0.2, 0.25) is 0 Å². The Morgan fingerprint density at radius 3 is 2.31 bits per heavy atom. The lowest BCUT2D eigenvalue weighted by atomic mass is 9.93. The fourth-order valence-corrected chi connectivity index (χ4v) is 2.51. The lowest BCUT2D eigenvalue weighted by Gasteiger charge is -2.35. The number of aliphatic hydroxyl groups is 1. The van der Waals surface area contributed by atoms with Gasteiger partial charge in [-0.05, 0) is 33.1 Å². The maximum Gasteiger partial charge on any atom is 0.0603 e. The maximum absolute atomic E-state index is 9.78. The van der Waals surface area contributed by atoms with Crippen molar-refractivity contribution in [2.75, 3.05) is 19.6 Å². The molecule has 1 aliphatic rings. The van der Waals surface area contributed by atoms with E-state index < -0.39 is 5.60 Å². The Bertz CT molecular complexity index is 183.